The molecule has 0 aliphatic rings. The Morgan fingerprint density at radius 1 is 0.900 bits per heavy atom. The molecule has 30 heavy (non-hydrogen) atoms. The zero-order chi connectivity index (χ0) is 22.3. The molecule has 0 N–H and O–H groups in total. The summed E-state index contributed by atoms with van der Waals surface area (Å²) in [5.41, 5.74) is -1.74. The summed E-state index contributed by atoms with van der Waals surface area (Å²) >= 11 is 0. The molecule has 0 unspecified atom stereocenters. The van der Waals surface area contributed by atoms with Crippen LogP contribution in [0.2, 0.25) is 0 Å². The van der Waals surface area contributed by atoms with Gasteiger partial charge in [0, 0.05) is 11.8 Å². The number of benzene rings is 2. The Kier molecular flexibility index (Phi) is 5.44. The van der Waals surface area contributed by atoms with Crippen LogP contribution in [0.1, 0.15) is 18.1 Å². The summed E-state index contributed by atoms with van der Waals surface area (Å²) in [7, 11) is -4.05. The largest absolute Gasteiger partial charge is 0.416 e. The molecule has 3 aromatic rings. The van der Waals surface area contributed by atoms with Gasteiger partial charge in [0.05, 0.1) is 33.7 Å². The molecule has 0 radical (unpaired) electrons. The molecule has 0 aliphatic heterocycles. The number of alkyl halides is 6. The molecule has 1 heterocycles. The van der Waals surface area contributed by atoms with E-state index < -0.39 is 44.0 Å². The predicted octanol–water partition coefficient (Wildman–Crippen LogP) is 5.37. The standard InChI is InChI=1S/C19H14F6N2O2S/c1-2-30(28,29)17-9-15(19(23,24)25)6-7-16(17)27-11-13(10-26-27)12-4-3-5-14(8-12)18(20,21)22/h3-11H,2H2,1H3. The molecule has 1 aromatic heterocycles. The molecule has 4 nitrogen and oxygen atoms in total. The quantitative estimate of drug-likeness (QED) is 0.505. The lowest BCUT2D eigenvalue weighted by Crippen LogP contribution is -2.13. The number of hydrogen-bond acceptors (Lipinski definition) is 3. The molecule has 0 atom stereocenters. The summed E-state index contributed by atoms with van der Waals surface area (Å²) in [4.78, 5) is -0.571. The highest BCUT2D eigenvalue weighted by atomic mass is 32.2. The van der Waals surface area contributed by atoms with Crippen molar-refractivity contribution in [2.24, 2.45) is 0 Å². The van der Waals surface area contributed by atoms with Gasteiger partial charge in [-0.2, -0.15) is 31.4 Å². The van der Waals surface area contributed by atoms with E-state index in [4.69, 9.17) is 0 Å². The number of hydrogen-bond donors (Lipinski definition) is 0. The van der Waals surface area contributed by atoms with Crippen molar-refractivity contribution in [2.45, 2.75) is 24.2 Å². The van der Waals surface area contributed by atoms with E-state index >= 15 is 0 Å². The van der Waals surface area contributed by atoms with Gasteiger partial charge in [-0.05, 0) is 35.9 Å². The van der Waals surface area contributed by atoms with Crippen molar-refractivity contribution in [1.82, 2.24) is 9.78 Å². The van der Waals surface area contributed by atoms with Gasteiger partial charge in [-0.15, -0.1) is 0 Å². The fraction of sp³-hybridized carbons (Fsp3) is 0.211. The SMILES string of the molecule is CCS(=O)(=O)c1cc(C(F)(F)F)ccc1-n1cc(-c2cccc(C(F)(F)F)c2)cn1. The van der Waals surface area contributed by atoms with Gasteiger partial charge < -0.3 is 0 Å². The van der Waals surface area contributed by atoms with Crippen LogP contribution < -0.4 is 0 Å². The van der Waals surface area contributed by atoms with Gasteiger partial charge in [-0.1, -0.05) is 19.1 Å². The zero-order valence-electron chi connectivity index (χ0n) is 15.3. The van der Waals surface area contributed by atoms with Crippen LogP contribution in [0.3, 0.4) is 0 Å². The Labute approximate surface area is 167 Å². The summed E-state index contributed by atoms with van der Waals surface area (Å²) in [6, 6.07) is 6.63. The van der Waals surface area contributed by atoms with E-state index in [0.29, 0.717) is 6.07 Å². The molecule has 0 amide bonds. The Bertz CT molecular complexity index is 1180. The Hall–Kier alpha value is -2.82. The first-order valence-electron chi connectivity index (χ1n) is 8.49. The molecule has 11 heteroatoms. The number of sulfone groups is 1. The van der Waals surface area contributed by atoms with Crippen molar-refractivity contribution < 1.29 is 34.8 Å². The Balaban J connectivity index is 2.12. The summed E-state index contributed by atoms with van der Waals surface area (Å²) in [6.07, 6.45) is -6.84. The Morgan fingerprint density at radius 2 is 1.53 bits per heavy atom. The number of nitrogens with zero attached hydrogens (tertiary/aromatic N) is 2. The van der Waals surface area contributed by atoms with Gasteiger partial charge in [0.2, 0.25) is 0 Å². The second kappa shape index (κ2) is 7.46. The van der Waals surface area contributed by atoms with E-state index in [2.05, 4.69) is 5.10 Å². The number of halogens is 6. The monoisotopic (exact) mass is 448 g/mol. The van der Waals surface area contributed by atoms with E-state index in [9.17, 15) is 34.8 Å². The van der Waals surface area contributed by atoms with Crippen LogP contribution in [0.4, 0.5) is 26.3 Å². The molecule has 0 aliphatic carbocycles. The molecule has 0 saturated carbocycles. The molecular weight excluding hydrogens is 434 g/mol. The smallest absolute Gasteiger partial charge is 0.239 e. The summed E-state index contributed by atoms with van der Waals surface area (Å²) < 4.78 is 104. The van der Waals surface area contributed by atoms with Crippen LogP contribution in [0.5, 0.6) is 0 Å². The molecule has 0 bridgehead atoms. The molecular formula is C19H14F6N2O2S. The van der Waals surface area contributed by atoms with E-state index in [1.165, 1.54) is 31.5 Å². The molecule has 3 rings (SSSR count). The molecule has 0 fully saturated rings. The van der Waals surface area contributed by atoms with E-state index in [1.807, 2.05) is 0 Å². The lowest BCUT2D eigenvalue weighted by Gasteiger charge is -2.13. The van der Waals surface area contributed by atoms with Gasteiger partial charge >= 0.3 is 12.4 Å². The van der Waals surface area contributed by atoms with Crippen molar-refractivity contribution in [3.63, 3.8) is 0 Å². The first kappa shape index (κ1) is 21.9. The number of rotatable bonds is 4. The molecule has 0 spiro atoms. The maximum absolute atomic E-state index is 13.0. The van der Waals surface area contributed by atoms with Crippen LogP contribution in [0.25, 0.3) is 16.8 Å². The minimum Gasteiger partial charge on any atom is -0.239 e. The van der Waals surface area contributed by atoms with Crippen LogP contribution >= 0.6 is 0 Å². The third-order valence-corrected chi connectivity index (χ3v) is 6.11. The highest BCUT2D eigenvalue weighted by Gasteiger charge is 2.33. The first-order valence-corrected chi connectivity index (χ1v) is 10.1. The minimum absolute atomic E-state index is 0.136. The second-order valence-electron chi connectivity index (χ2n) is 6.34. The second-order valence-corrected chi connectivity index (χ2v) is 8.58. The van der Waals surface area contributed by atoms with Gasteiger partial charge in [0.25, 0.3) is 0 Å². The topological polar surface area (TPSA) is 52.0 Å². The van der Waals surface area contributed by atoms with Crippen molar-refractivity contribution >= 4 is 9.84 Å². The molecule has 0 saturated heterocycles. The van der Waals surface area contributed by atoms with Crippen LogP contribution in [0.15, 0.2) is 59.8 Å². The summed E-state index contributed by atoms with van der Waals surface area (Å²) in [6.45, 7) is 1.29. The first-order chi connectivity index (χ1) is 13.8. The van der Waals surface area contributed by atoms with Gasteiger partial charge in [-0.3, -0.25) is 0 Å². The summed E-state index contributed by atoms with van der Waals surface area (Å²) in [5, 5.41) is 3.94. The van der Waals surface area contributed by atoms with Crippen LogP contribution in [-0.4, -0.2) is 24.0 Å². The predicted molar refractivity (Wildman–Crippen MR) is 96.7 cm³/mol. The molecule has 2 aromatic carbocycles. The highest BCUT2D eigenvalue weighted by Crippen LogP contribution is 2.35. The van der Waals surface area contributed by atoms with E-state index in [0.717, 1.165) is 28.9 Å². The highest BCUT2D eigenvalue weighted by molar-refractivity contribution is 7.91. The fourth-order valence-corrected chi connectivity index (χ4v) is 3.86. The average molecular weight is 448 g/mol. The molecule has 160 valence electrons. The normalized spacial score (nSPS) is 12.9. The minimum atomic E-state index is -4.75. The Morgan fingerprint density at radius 3 is 2.13 bits per heavy atom. The van der Waals surface area contributed by atoms with Crippen molar-refractivity contribution in [1.29, 1.82) is 0 Å². The van der Waals surface area contributed by atoms with Gasteiger partial charge in [0.1, 0.15) is 0 Å². The maximum atomic E-state index is 13.0. The summed E-state index contributed by atoms with van der Waals surface area (Å²) in [5.74, 6) is -0.441. The lowest BCUT2D eigenvalue weighted by atomic mass is 10.1. The lowest BCUT2D eigenvalue weighted by molar-refractivity contribution is -0.138. The van der Waals surface area contributed by atoms with Gasteiger partial charge in [0.15, 0.2) is 9.84 Å². The van der Waals surface area contributed by atoms with Crippen molar-refractivity contribution in [3.05, 3.63) is 66.0 Å². The maximum Gasteiger partial charge on any atom is 0.416 e. The number of aromatic nitrogens is 2. The fourth-order valence-electron chi connectivity index (χ4n) is 2.76. The third-order valence-electron chi connectivity index (χ3n) is 4.35. The van der Waals surface area contributed by atoms with Crippen LogP contribution in [0, 0.1) is 0 Å². The van der Waals surface area contributed by atoms with Gasteiger partial charge in [-0.25, -0.2) is 13.1 Å². The van der Waals surface area contributed by atoms with Crippen molar-refractivity contribution in [3.8, 4) is 16.8 Å². The van der Waals surface area contributed by atoms with E-state index in [-0.39, 0.29) is 16.8 Å². The third kappa shape index (κ3) is 4.35. The average Bonchev–Trinajstić information content (AvgIpc) is 3.16. The van der Waals surface area contributed by atoms with Crippen LogP contribution in [-0.2, 0) is 22.2 Å². The van der Waals surface area contributed by atoms with E-state index in [1.54, 1.807) is 0 Å². The zero-order valence-corrected chi connectivity index (χ0v) is 16.1. The van der Waals surface area contributed by atoms with Crippen molar-refractivity contribution in [2.75, 3.05) is 5.75 Å².